The van der Waals surface area contributed by atoms with Crippen molar-refractivity contribution >= 4 is 11.8 Å². The van der Waals surface area contributed by atoms with Crippen LogP contribution in [0.3, 0.4) is 0 Å². The lowest BCUT2D eigenvalue weighted by Gasteiger charge is -2.04. The van der Waals surface area contributed by atoms with Crippen molar-refractivity contribution < 1.29 is 4.39 Å². The van der Waals surface area contributed by atoms with E-state index in [0.29, 0.717) is 5.03 Å². The Kier molecular flexibility index (Phi) is 3.74. The third-order valence-electron chi connectivity index (χ3n) is 2.28. The highest BCUT2D eigenvalue weighted by Crippen LogP contribution is 2.21. The average molecular weight is 248 g/mol. The van der Waals surface area contributed by atoms with Crippen molar-refractivity contribution in [3.8, 4) is 0 Å². The van der Waals surface area contributed by atoms with E-state index in [0.717, 1.165) is 5.75 Å². The molecule has 0 aliphatic carbocycles. The smallest absolute Gasteiger partial charge is 0.217 e. The Bertz CT molecular complexity index is 508. The number of nitrogens with zero attached hydrogens (tertiary/aromatic N) is 2. The maximum atomic E-state index is 12.9. The number of hydrogen-bond acceptors (Lipinski definition) is 3. The van der Waals surface area contributed by atoms with Gasteiger partial charge in [0.25, 0.3) is 0 Å². The van der Waals surface area contributed by atoms with Crippen LogP contribution in [0.1, 0.15) is 16.7 Å². The fraction of sp³-hybridized carbons (Fsp3) is 0.231. The van der Waals surface area contributed by atoms with E-state index in [4.69, 9.17) is 0 Å². The zero-order chi connectivity index (χ0) is 12.3. The predicted molar refractivity (Wildman–Crippen MR) is 67.5 cm³/mol. The molecule has 0 bridgehead atoms. The predicted octanol–water partition coefficient (Wildman–Crippen LogP) is 3.52. The van der Waals surface area contributed by atoms with Gasteiger partial charge in [-0.3, -0.25) is 0 Å². The van der Waals surface area contributed by atoms with Crippen molar-refractivity contribution in [3.63, 3.8) is 0 Å². The van der Waals surface area contributed by atoms with Gasteiger partial charge in [0.2, 0.25) is 5.95 Å². The van der Waals surface area contributed by atoms with Crippen LogP contribution < -0.4 is 0 Å². The summed E-state index contributed by atoms with van der Waals surface area (Å²) in [6, 6.07) is 7.76. The van der Waals surface area contributed by atoms with Gasteiger partial charge in [-0.25, -0.2) is 9.97 Å². The topological polar surface area (TPSA) is 25.8 Å². The van der Waals surface area contributed by atoms with Crippen molar-refractivity contribution in [1.29, 1.82) is 0 Å². The molecular weight excluding hydrogens is 235 g/mol. The number of hydrogen-bond donors (Lipinski definition) is 0. The van der Waals surface area contributed by atoms with Crippen LogP contribution in [-0.4, -0.2) is 9.97 Å². The van der Waals surface area contributed by atoms with Crippen molar-refractivity contribution in [1.82, 2.24) is 9.97 Å². The van der Waals surface area contributed by atoms with Gasteiger partial charge >= 0.3 is 0 Å². The van der Waals surface area contributed by atoms with Gasteiger partial charge in [0, 0.05) is 11.8 Å². The second-order valence-electron chi connectivity index (χ2n) is 3.96. The third kappa shape index (κ3) is 3.53. The first-order chi connectivity index (χ1) is 8.13. The van der Waals surface area contributed by atoms with Crippen LogP contribution in [0.4, 0.5) is 4.39 Å². The molecule has 0 atom stereocenters. The molecule has 1 aromatic carbocycles. The molecular formula is C13H13FN2S. The van der Waals surface area contributed by atoms with Gasteiger partial charge in [0.15, 0.2) is 0 Å². The summed E-state index contributed by atoms with van der Waals surface area (Å²) < 4.78 is 12.9. The zero-order valence-electron chi connectivity index (χ0n) is 9.77. The maximum absolute atomic E-state index is 12.9. The Morgan fingerprint density at radius 2 is 1.76 bits per heavy atom. The maximum Gasteiger partial charge on any atom is 0.217 e. The number of rotatable bonds is 3. The van der Waals surface area contributed by atoms with Gasteiger partial charge < -0.3 is 0 Å². The molecule has 0 aliphatic rings. The van der Waals surface area contributed by atoms with Crippen LogP contribution in [0, 0.1) is 19.8 Å². The summed E-state index contributed by atoms with van der Waals surface area (Å²) in [6.07, 6.45) is 1.25. The van der Waals surface area contributed by atoms with Crippen molar-refractivity contribution in [2.75, 3.05) is 0 Å². The quantitative estimate of drug-likeness (QED) is 0.614. The van der Waals surface area contributed by atoms with Gasteiger partial charge in [0.05, 0.1) is 0 Å². The van der Waals surface area contributed by atoms with E-state index in [1.54, 1.807) is 0 Å². The fourth-order valence-electron chi connectivity index (χ4n) is 1.71. The van der Waals surface area contributed by atoms with Crippen LogP contribution in [-0.2, 0) is 5.75 Å². The number of aromatic nitrogens is 2. The van der Waals surface area contributed by atoms with Gasteiger partial charge in [0.1, 0.15) is 11.4 Å². The van der Waals surface area contributed by atoms with E-state index >= 15 is 0 Å². The number of aryl methyl sites for hydroxylation is 2. The van der Waals surface area contributed by atoms with Crippen molar-refractivity contribution in [2.24, 2.45) is 0 Å². The molecule has 88 valence electrons. The molecule has 2 aromatic rings. The molecule has 2 rings (SSSR count). The summed E-state index contributed by atoms with van der Waals surface area (Å²) in [7, 11) is 0. The van der Waals surface area contributed by atoms with Gasteiger partial charge in [-0.2, -0.15) is 4.39 Å². The van der Waals surface area contributed by atoms with E-state index in [2.05, 4.69) is 42.0 Å². The summed E-state index contributed by atoms with van der Waals surface area (Å²) >= 11 is 1.51. The van der Waals surface area contributed by atoms with E-state index in [9.17, 15) is 4.39 Å². The summed E-state index contributed by atoms with van der Waals surface area (Å²) in [5, 5.41) is 0.664. The van der Waals surface area contributed by atoms with Crippen LogP contribution in [0.5, 0.6) is 0 Å². The molecule has 1 aromatic heterocycles. The zero-order valence-corrected chi connectivity index (χ0v) is 10.6. The number of halogens is 1. The minimum Gasteiger partial charge on any atom is -0.230 e. The lowest BCUT2D eigenvalue weighted by molar-refractivity contribution is 0.572. The molecule has 2 nitrogen and oxygen atoms in total. The Morgan fingerprint density at radius 3 is 2.41 bits per heavy atom. The molecule has 17 heavy (non-hydrogen) atoms. The van der Waals surface area contributed by atoms with Crippen molar-refractivity contribution in [2.45, 2.75) is 24.6 Å². The second-order valence-corrected chi connectivity index (χ2v) is 4.96. The minimum absolute atomic E-state index is 0.483. The summed E-state index contributed by atoms with van der Waals surface area (Å²) in [4.78, 5) is 7.44. The largest absolute Gasteiger partial charge is 0.230 e. The van der Waals surface area contributed by atoms with Crippen LogP contribution in [0.25, 0.3) is 0 Å². The molecule has 0 saturated carbocycles. The molecule has 4 heteroatoms. The standard InChI is InChI=1S/C13H13FN2S/c1-9-3-10(2)5-11(4-9)7-17-13-6-12(14)15-8-16-13/h3-6,8H,7H2,1-2H3. The molecule has 0 radical (unpaired) electrons. The van der Waals surface area contributed by atoms with Crippen LogP contribution in [0.15, 0.2) is 35.6 Å². The molecule has 0 N–H and O–H groups in total. The lowest BCUT2D eigenvalue weighted by atomic mass is 10.1. The Balaban J connectivity index is 2.07. The summed E-state index contributed by atoms with van der Waals surface area (Å²) in [5.74, 6) is 0.307. The first-order valence-corrected chi connectivity index (χ1v) is 6.29. The molecule has 0 aliphatic heterocycles. The van der Waals surface area contributed by atoms with E-state index in [1.807, 2.05) is 0 Å². The third-order valence-corrected chi connectivity index (χ3v) is 3.27. The Labute approximate surface area is 104 Å². The monoisotopic (exact) mass is 248 g/mol. The normalized spacial score (nSPS) is 10.5. The van der Waals surface area contributed by atoms with Crippen LogP contribution >= 0.6 is 11.8 Å². The highest BCUT2D eigenvalue weighted by atomic mass is 32.2. The van der Waals surface area contributed by atoms with E-state index < -0.39 is 5.95 Å². The van der Waals surface area contributed by atoms with E-state index in [-0.39, 0.29) is 0 Å². The molecule has 0 unspecified atom stereocenters. The Hall–Kier alpha value is -1.42. The molecule has 0 amide bonds. The number of thioether (sulfide) groups is 1. The first-order valence-electron chi connectivity index (χ1n) is 5.31. The summed E-state index contributed by atoms with van der Waals surface area (Å²) in [5.41, 5.74) is 3.72. The molecule has 1 heterocycles. The van der Waals surface area contributed by atoms with Crippen LogP contribution in [0.2, 0.25) is 0 Å². The number of benzene rings is 1. The molecule has 0 saturated heterocycles. The molecule has 0 fully saturated rings. The highest BCUT2D eigenvalue weighted by molar-refractivity contribution is 7.98. The van der Waals surface area contributed by atoms with Gasteiger partial charge in [-0.1, -0.05) is 29.3 Å². The first kappa shape index (κ1) is 12.0. The van der Waals surface area contributed by atoms with Crippen molar-refractivity contribution in [3.05, 3.63) is 53.2 Å². The van der Waals surface area contributed by atoms with Gasteiger partial charge in [-0.05, 0) is 19.4 Å². The average Bonchev–Trinajstić information content (AvgIpc) is 2.25. The lowest BCUT2D eigenvalue weighted by Crippen LogP contribution is -1.89. The molecule has 0 spiro atoms. The minimum atomic E-state index is -0.483. The second kappa shape index (κ2) is 5.27. The fourth-order valence-corrected chi connectivity index (χ4v) is 2.49. The van der Waals surface area contributed by atoms with E-state index in [1.165, 1.54) is 40.8 Å². The SMILES string of the molecule is Cc1cc(C)cc(CSc2cc(F)ncn2)c1. The highest BCUT2D eigenvalue weighted by Gasteiger charge is 2.01. The van der Waals surface area contributed by atoms with Gasteiger partial charge in [-0.15, -0.1) is 11.8 Å². The Morgan fingerprint density at radius 1 is 1.06 bits per heavy atom. The summed E-state index contributed by atoms with van der Waals surface area (Å²) in [6.45, 7) is 4.15.